The largest absolute Gasteiger partial charge is 0.339 e. The topological polar surface area (TPSA) is 67.2 Å². The van der Waals surface area contributed by atoms with Gasteiger partial charge in [-0.1, -0.05) is 48.0 Å². The summed E-state index contributed by atoms with van der Waals surface area (Å²) < 4.78 is 1.90. The van der Waals surface area contributed by atoms with Crippen LogP contribution in [0, 0.1) is 6.92 Å². The number of para-hydroxylation sites is 1. The predicted octanol–water partition coefficient (Wildman–Crippen LogP) is 5.73. The van der Waals surface area contributed by atoms with E-state index in [4.69, 9.17) is 11.6 Å². The molecule has 0 atom stereocenters. The van der Waals surface area contributed by atoms with Gasteiger partial charge in [0.1, 0.15) is 4.83 Å². The van der Waals surface area contributed by atoms with E-state index in [0.717, 1.165) is 27.0 Å². The molecule has 0 aliphatic carbocycles. The fraction of sp³-hybridized carbons (Fsp3) is 0.240. The zero-order valence-corrected chi connectivity index (χ0v) is 20.3. The number of carbonyl (C=O) groups is 2. The Labute approximate surface area is 201 Å². The fourth-order valence-electron chi connectivity index (χ4n) is 3.74. The van der Waals surface area contributed by atoms with Crippen LogP contribution in [0.1, 0.15) is 40.3 Å². The molecule has 8 heteroatoms. The predicted molar refractivity (Wildman–Crippen MR) is 134 cm³/mol. The number of hydrogen-bond donors (Lipinski definition) is 1. The zero-order valence-electron chi connectivity index (χ0n) is 18.8. The number of benzene rings is 2. The third kappa shape index (κ3) is 4.94. The van der Waals surface area contributed by atoms with Crippen molar-refractivity contribution in [1.82, 2.24) is 14.7 Å². The quantitative estimate of drug-likeness (QED) is 0.367. The SMILES string of the molecule is CCN(Cc1ccccc1NC(=O)c1cc2c(C)nn(Cc3ccccc3Cl)c2s1)C(C)=O. The van der Waals surface area contributed by atoms with E-state index in [-0.39, 0.29) is 11.8 Å². The Morgan fingerprint density at radius 3 is 2.52 bits per heavy atom. The van der Waals surface area contributed by atoms with Crippen LogP contribution in [-0.2, 0) is 17.9 Å². The molecule has 0 fully saturated rings. The van der Waals surface area contributed by atoms with E-state index in [2.05, 4.69) is 10.4 Å². The Bertz CT molecular complexity index is 1330. The molecule has 33 heavy (non-hydrogen) atoms. The minimum absolute atomic E-state index is 0.00156. The third-order valence-electron chi connectivity index (χ3n) is 5.56. The van der Waals surface area contributed by atoms with Crippen molar-refractivity contribution in [2.24, 2.45) is 0 Å². The Hall–Kier alpha value is -3.16. The van der Waals surface area contributed by atoms with E-state index in [1.54, 1.807) is 11.8 Å². The number of amides is 2. The summed E-state index contributed by atoms with van der Waals surface area (Å²) in [6, 6.07) is 17.1. The molecule has 0 aliphatic heterocycles. The van der Waals surface area contributed by atoms with Gasteiger partial charge in [0.15, 0.2) is 0 Å². The minimum Gasteiger partial charge on any atom is -0.339 e. The molecule has 0 unspecified atom stereocenters. The van der Waals surface area contributed by atoms with Crippen molar-refractivity contribution in [3.8, 4) is 0 Å². The van der Waals surface area contributed by atoms with Crippen LogP contribution in [0.3, 0.4) is 0 Å². The normalized spacial score (nSPS) is 11.0. The Morgan fingerprint density at radius 1 is 1.12 bits per heavy atom. The lowest BCUT2D eigenvalue weighted by Gasteiger charge is -2.20. The lowest BCUT2D eigenvalue weighted by atomic mass is 10.1. The number of aryl methyl sites for hydroxylation is 1. The van der Waals surface area contributed by atoms with Crippen LogP contribution in [-0.4, -0.2) is 33.0 Å². The highest BCUT2D eigenvalue weighted by atomic mass is 35.5. The molecule has 2 aromatic carbocycles. The van der Waals surface area contributed by atoms with Crippen molar-refractivity contribution >= 4 is 50.7 Å². The standard InChI is InChI=1S/C25H25ClN4O2S/c1-4-29(17(3)31)14-19-10-6-8-12-22(19)27-24(32)23-13-20-16(2)28-30(25(20)33-23)15-18-9-5-7-11-21(18)26/h5-13H,4,14-15H2,1-3H3,(H,27,32). The molecule has 2 aromatic heterocycles. The monoisotopic (exact) mass is 480 g/mol. The minimum atomic E-state index is -0.182. The van der Waals surface area contributed by atoms with E-state index in [9.17, 15) is 9.59 Å². The first-order valence-corrected chi connectivity index (χ1v) is 11.9. The van der Waals surface area contributed by atoms with E-state index >= 15 is 0 Å². The molecule has 170 valence electrons. The maximum Gasteiger partial charge on any atom is 0.265 e. The first-order valence-electron chi connectivity index (χ1n) is 10.7. The highest BCUT2D eigenvalue weighted by Crippen LogP contribution is 2.30. The number of carbonyl (C=O) groups excluding carboxylic acids is 2. The Balaban J connectivity index is 1.59. The molecule has 1 N–H and O–H groups in total. The molecule has 0 aliphatic rings. The molecule has 2 amide bonds. The van der Waals surface area contributed by atoms with Crippen molar-refractivity contribution in [3.63, 3.8) is 0 Å². The van der Waals surface area contributed by atoms with Crippen molar-refractivity contribution < 1.29 is 9.59 Å². The second-order valence-corrected chi connectivity index (χ2v) is 9.25. The van der Waals surface area contributed by atoms with Crippen molar-refractivity contribution in [2.75, 3.05) is 11.9 Å². The molecule has 6 nitrogen and oxygen atoms in total. The molecule has 0 saturated heterocycles. The number of anilines is 1. The Morgan fingerprint density at radius 2 is 1.82 bits per heavy atom. The number of thiophene rings is 1. The lowest BCUT2D eigenvalue weighted by molar-refractivity contribution is -0.129. The van der Waals surface area contributed by atoms with Crippen LogP contribution in [0.5, 0.6) is 0 Å². The summed E-state index contributed by atoms with van der Waals surface area (Å²) in [6.45, 7) is 7.02. The van der Waals surface area contributed by atoms with Crippen LogP contribution in [0.15, 0.2) is 54.6 Å². The molecule has 4 aromatic rings. The van der Waals surface area contributed by atoms with E-state index < -0.39 is 0 Å². The highest BCUT2D eigenvalue weighted by molar-refractivity contribution is 7.20. The van der Waals surface area contributed by atoms with Gasteiger partial charge in [-0.15, -0.1) is 11.3 Å². The van der Waals surface area contributed by atoms with Gasteiger partial charge in [0.25, 0.3) is 5.91 Å². The molecule has 0 saturated carbocycles. The lowest BCUT2D eigenvalue weighted by Crippen LogP contribution is -2.28. The van der Waals surface area contributed by atoms with Crippen LogP contribution in [0.2, 0.25) is 5.02 Å². The summed E-state index contributed by atoms with van der Waals surface area (Å²) in [6.07, 6.45) is 0. The van der Waals surface area contributed by atoms with Crippen LogP contribution in [0.25, 0.3) is 10.2 Å². The molecule has 4 rings (SSSR count). The number of nitrogens with zero attached hydrogens (tertiary/aromatic N) is 3. The summed E-state index contributed by atoms with van der Waals surface area (Å²) in [5.74, 6) is -0.181. The van der Waals surface area contributed by atoms with Gasteiger partial charge < -0.3 is 10.2 Å². The summed E-state index contributed by atoms with van der Waals surface area (Å²) in [7, 11) is 0. The summed E-state index contributed by atoms with van der Waals surface area (Å²) in [5, 5.41) is 9.32. The second kappa shape index (κ2) is 9.77. The number of aromatic nitrogens is 2. The first kappa shape index (κ1) is 23.0. The van der Waals surface area contributed by atoms with Crippen molar-refractivity contribution in [3.05, 3.63) is 81.3 Å². The number of fused-ring (bicyclic) bond motifs is 1. The van der Waals surface area contributed by atoms with Crippen LogP contribution < -0.4 is 5.32 Å². The van der Waals surface area contributed by atoms with Gasteiger partial charge in [-0.2, -0.15) is 5.10 Å². The molecule has 0 radical (unpaired) electrons. The second-order valence-electron chi connectivity index (χ2n) is 7.81. The van der Waals surface area contributed by atoms with Crippen molar-refractivity contribution in [2.45, 2.75) is 33.9 Å². The maximum absolute atomic E-state index is 13.1. The third-order valence-corrected chi connectivity index (χ3v) is 7.08. The fourth-order valence-corrected chi connectivity index (χ4v) is 4.99. The first-order chi connectivity index (χ1) is 15.9. The van der Waals surface area contributed by atoms with Gasteiger partial charge >= 0.3 is 0 Å². The van der Waals surface area contributed by atoms with Gasteiger partial charge in [-0.3, -0.25) is 14.3 Å². The molecule has 0 bridgehead atoms. The van der Waals surface area contributed by atoms with Gasteiger partial charge in [-0.25, -0.2) is 0 Å². The number of hydrogen-bond acceptors (Lipinski definition) is 4. The van der Waals surface area contributed by atoms with Crippen LogP contribution >= 0.6 is 22.9 Å². The van der Waals surface area contributed by atoms with Gasteiger partial charge in [-0.05, 0) is 43.2 Å². The smallest absolute Gasteiger partial charge is 0.265 e. The number of nitrogens with one attached hydrogen (secondary N) is 1. The zero-order chi connectivity index (χ0) is 23.5. The van der Waals surface area contributed by atoms with Gasteiger partial charge in [0.05, 0.1) is 17.1 Å². The summed E-state index contributed by atoms with van der Waals surface area (Å²) >= 11 is 7.74. The van der Waals surface area contributed by atoms with E-state index in [1.807, 2.05) is 73.1 Å². The average molecular weight is 481 g/mol. The Kier molecular flexibility index (Phi) is 6.81. The highest BCUT2D eigenvalue weighted by Gasteiger charge is 2.18. The van der Waals surface area contributed by atoms with E-state index in [0.29, 0.717) is 35.2 Å². The summed E-state index contributed by atoms with van der Waals surface area (Å²) in [5.41, 5.74) is 3.44. The van der Waals surface area contributed by atoms with Gasteiger partial charge in [0, 0.05) is 36.1 Å². The number of rotatable bonds is 7. The molecular weight excluding hydrogens is 456 g/mol. The van der Waals surface area contributed by atoms with Crippen LogP contribution in [0.4, 0.5) is 5.69 Å². The average Bonchev–Trinajstić information content (AvgIpc) is 3.35. The number of halogens is 1. The van der Waals surface area contributed by atoms with Crippen molar-refractivity contribution in [1.29, 1.82) is 0 Å². The van der Waals surface area contributed by atoms with Gasteiger partial charge in [0.2, 0.25) is 5.91 Å². The summed E-state index contributed by atoms with van der Waals surface area (Å²) in [4.78, 5) is 28.2. The van der Waals surface area contributed by atoms with E-state index in [1.165, 1.54) is 11.3 Å². The maximum atomic E-state index is 13.1. The molecular formula is C25H25ClN4O2S. The molecule has 0 spiro atoms. The molecule has 2 heterocycles.